The summed E-state index contributed by atoms with van der Waals surface area (Å²) >= 11 is 0. The topological polar surface area (TPSA) is 67.9 Å². The Kier molecular flexibility index (Phi) is 8.98. The van der Waals surface area contributed by atoms with Crippen LogP contribution in [0.5, 0.6) is 5.75 Å². The first-order valence-electron chi connectivity index (χ1n) is 14.2. The predicted octanol–water partition coefficient (Wildman–Crippen LogP) is 5.98. The molecule has 3 aromatic carbocycles. The van der Waals surface area contributed by atoms with Gasteiger partial charge in [-0.2, -0.15) is 0 Å². The average Bonchev–Trinajstić information content (AvgIpc) is 3.75. The lowest BCUT2D eigenvalue weighted by Gasteiger charge is -2.30. The van der Waals surface area contributed by atoms with E-state index in [4.69, 9.17) is 4.74 Å². The largest absolute Gasteiger partial charge is 0.493 e. The van der Waals surface area contributed by atoms with E-state index in [9.17, 15) is 18.4 Å². The molecule has 1 heterocycles. The first kappa shape index (κ1) is 28.7. The number of esters is 1. The SMILES string of the molecule is COC(=O)c1c(F)cccc1-c1ccc(CNC(=O)C2CC2COc2ccc(CN3CCCC(C)C3)cc2)c(F)c1. The molecule has 0 bridgehead atoms. The van der Waals surface area contributed by atoms with E-state index >= 15 is 0 Å². The van der Waals surface area contributed by atoms with Gasteiger partial charge in [-0.1, -0.05) is 43.3 Å². The van der Waals surface area contributed by atoms with Crippen LogP contribution in [0, 0.1) is 29.4 Å². The summed E-state index contributed by atoms with van der Waals surface area (Å²) in [5.74, 6) is -0.755. The molecule has 3 aromatic rings. The van der Waals surface area contributed by atoms with E-state index in [1.165, 1.54) is 42.7 Å². The zero-order chi connectivity index (χ0) is 28.9. The van der Waals surface area contributed by atoms with E-state index in [1.54, 1.807) is 6.07 Å². The number of likely N-dealkylation sites (tertiary alicyclic amines) is 1. The number of nitrogens with one attached hydrogen (secondary N) is 1. The van der Waals surface area contributed by atoms with Gasteiger partial charge in [0.15, 0.2) is 0 Å². The van der Waals surface area contributed by atoms with Crippen molar-refractivity contribution in [3.05, 3.63) is 89.0 Å². The molecule has 6 nitrogen and oxygen atoms in total. The molecule has 41 heavy (non-hydrogen) atoms. The standard InChI is InChI=1S/C33H36F2N2O4/c1-21-5-4-14-37(18-21)19-22-8-12-26(13-9-22)41-20-25-15-28(25)32(38)36-17-24-11-10-23(16-30(24)35)27-6-3-7-29(34)31(27)33(39)40-2/h3,6-13,16,21,25,28H,4-5,14-15,17-20H2,1-2H3,(H,36,38). The van der Waals surface area contributed by atoms with Crippen molar-refractivity contribution in [2.75, 3.05) is 26.8 Å². The fraction of sp³-hybridized carbons (Fsp3) is 0.394. The van der Waals surface area contributed by atoms with Gasteiger partial charge >= 0.3 is 5.97 Å². The third-order valence-electron chi connectivity index (χ3n) is 8.01. The minimum absolute atomic E-state index is 0.0271. The Labute approximate surface area is 239 Å². The van der Waals surface area contributed by atoms with Crippen molar-refractivity contribution >= 4 is 11.9 Å². The van der Waals surface area contributed by atoms with E-state index in [2.05, 4.69) is 34.0 Å². The van der Waals surface area contributed by atoms with Gasteiger partial charge in [0.2, 0.25) is 5.91 Å². The molecule has 3 unspecified atom stereocenters. The van der Waals surface area contributed by atoms with Crippen molar-refractivity contribution in [3.63, 3.8) is 0 Å². The summed E-state index contributed by atoms with van der Waals surface area (Å²) in [5.41, 5.74) is 1.89. The molecule has 1 saturated heterocycles. The Bertz CT molecular complexity index is 1390. The van der Waals surface area contributed by atoms with E-state index in [1.807, 2.05) is 12.1 Å². The van der Waals surface area contributed by atoms with Gasteiger partial charge in [0, 0.05) is 37.0 Å². The first-order valence-corrected chi connectivity index (χ1v) is 14.2. The second-order valence-corrected chi connectivity index (χ2v) is 11.2. The van der Waals surface area contributed by atoms with Crippen LogP contribution < -0.4 is 10.1 Å². The third-order valence-corrected chi connectivity index (χ3v) is 8.01. The molecule has 3 atom stereocenters. The van der Waals surface area contributed by atoms with Crippen LogP contribution in [0.25, 0.3) is 11.1 Å². The van der Waals surface area contributed by atoms with Crippen LogP contribution in [0.3, 0.4) is 0 Å². The summed E-state index contributed by atoms with van der Waals surface area (Å²) in [4.78, 5) is 27.2. The summed E-state index contributed by atoms with van der Waals surface area (Å²) < 4.78 is 39.8. The smallest absolute Gasteiger partial charge is 0.341 e. The number of halogens is 2. The van der Waals surface area contributed by atoms with E-state index in [-0.39, 0.29) is 35.4 Å². The van der Waals surface area contributed by atoms with Gasteiger partial charge in [-0.05, 0) is 72.7 Å². The number of amides is 1. The van der Waals surface area contributed by atoms with Crippen molar-refractivity contribution in [3.8, 4) is 16.9 Å². The first-order chi connectivity index (χ1) is 19.8. The molecule has 2 fully saturated rings. The summed E-state index contributed by atoms with van der Waals surface area (Å²) in [7, 11) is 1.16. The van der Waals surface area contributed by atoms with Crippen LogP contribution >= 0.6 is 0 Å². The molecule has 1 saturated carbocycles. The van der Waals surface area contributed by atoms with Crippen molar-refractivity contribution in [2.24, 2.45) is 17.8 Å². The molecule has 1 aliphatic heterocycles. The van der Waals surface area contributed by atoms with Crippen molar-refractivity contribution in [1.29, 1.82) is 0 Å². The van der Waals surface area contributed by atoms with Crippen LogP contribution in [0.2, 0.25) is 0 Å². The van der Waals surface area contributed by atoms with Crippen molar-refractivity contribution in [1.82, 2.24) is 10.2 Å². The maximum absolute atomic E-state index is 14.9. The Morgan fingerprint density at radius 2 is 1.85 bits per heavy atom. The zero-order valence-electron chi connectivity index (χ0n) is 23.5. The number of benzene rings is 3. The minimum Gasteiger partial charge on any atom is -0.493 e. The van der Waals surface area contributed by atoms with E-state index in [0.29, 0.717) is 17.7 Å². The van der Waals surface area contributed by atoms with Crippen molar-refractivity contribution in [2.45, 2.75) is 39.3 Å². The Morgan fingerprint density at radius 1 is 1.05 bits per heavy atom. The Morgan fingerprint density at radius 3 is 2.59 bits per heavy atom. The van der Waals surface area contributed by atoms with Gasteiger partial charge in [-0.15, -0.1) is 0 Å². The Hall–Kier alpha value is -3.78. The lowest BCUT2D eigenvalue weighted by Crippen LogP contribution is -2.33. The third kappa shape index (κ3) is 7.11. The molecule has 5 rings (SSSR count). The highest BCUT2D eigenvalue weighted by Crippen LogP contribution is 2.39. The number of ether oxygens (including phenoxy) is 2. The number of methoxy groups -OCH3 is 1. The second-order valence-electron chi connectivity index (χ2n) is 11.2. The van der Waals surface area contributed by atoms with E-state index < -0.39 is 17.6 Å². The highest BCUT2D eigenvalue weighted by molar-refractivity contribution is 5.97. The van der Waals surface area contributed by atoms with Crippen LogP contribution in [-0.4, -0.2) is 43.6 Å². The number of piperidine rings is 1. The lowest BCUT2D eigenvalue weighted by atomic mass is 9.98. The normalized spacial score (nSPS) is 20.3. The predicted molar refractivity (Wildman–Crippen MR) is 152 cm³/mol. The lowest BCUT2D eigenvalue weighted by molar-refractivity contribution is -0.122. The Balaban J connectivity index is 1.09. The fourth-order valence-electron chi connectivity index (χ4n) is 5.58. The van der Waals surface area contributed by atoms with Gasteiger partial charge < -0.3 is 14.8 Å². The second kappa shape index (κ2) is 12.8. The number of hydrogen-bond donors (Lipinski definition) is 1. The molecule has 0 spiro atoms. The summed E-state index contributed by atoms with van der Waals surface area (Å²) in [6.07, 6.45) is 3.30. The minimum atomic E-state index is -0.836. The fourth-order valence-corrected chi connectivity index (χ4v) is 5.58. The van der Waals surface area contributed by atoms with Crippen LogP contribution in [-0.2, 0) is 22.6 Å². The molecule has 2 aliphatic rings. The van der Waals surface area contributed by atoms with Crippen LogP contribution in [0.15, 0.2) is 60.7 Å². The maximum atomic E-state index is 14.9. The molecule has 8 heteroatoms. The quantitative estimate of drug-likeness (QED) is 0.308. The van der Waals surface area contributed by atoms with Gasteiger partial charge in [-0.3, -0.25) is 9.69 Å². The average molecular weight is 563 g/mol. The zero-order valence-corrected chi connectivity index (χ0v) is 23.5. The van der Waals surface area contributed by atoms with Gasteiger partial charge in [0.1, 0.15) is 22.9 Å². The van der Waals surface area contributed by atoms with Crippen molar-refractivity contribution < 1.29 is 27.8 Å². The molecular weight excluding hydrogens is 526 g/mol. The molecule has 216 valence electrons. The monoisotopic (exact) mass is 562 g/mol. The molecule has 1 N–H and O–H groups in total. The van der Waals surface area contributed by atoms with Gasteiger partial charge in [-0.25, -0.2) is 13.6 Å². The van der Waals surface area contributed by atoms with Gasteiger partial charge in [0.25, 0.3) is 0 Å². The molecule has 0 radical (unpaired) electrons. The maximum Gasteiger partial charge on any atom is 0.341 e. The summed E-state index contributed by atoms with van der Waals surface area (Å²) in [6, 6.07) is 16.7. The molecule has 0 aromatic heterocycles. The molecular formula is C33H36F2N2O4. The molecule has 1 aliphatic carbocycles. The molecule has 1 amide bonds. The highest BCUT2D eigenvalue weighted by Gasteiger charge is 2.43. The number of rotatable bonds is 10. The summed E-state index contributed by atoms with van der Waals surface area (Å²) in [5, 5.41) is 2.81. The summed E-state index contributed by atoms with van der Waals surface area (Å²) in [6.45, 7) is 6.05. The van der Waals surface area contributed by atoms with Crippen LogP contribution in [0.1, 0.15) is 47.7 Å². The van der Waals surface area contributed by atoms with Crippen LogP contribution in [0.4, 0.5) is 8.78 Å². The number of carbonyl (C=O) groups excluding carboxylic acids is 2. The number of hydrogen-bond acceptors (Lipinski definition) is 5. The van der Waals surface area contributed by atoms with E-state index in [0.717, 1.165) is 50.9 Å². The number of carbonyl (C=O) groups is 2. The number of nitrogens with zero attached hydrogens (tertiary/aromatic N) is 1. The highest BCUT2D eigenvalue weighted by atomic mass is 19.1. The van der Waals surface area contributed by atoms with Gasteiger partial charge in [0.05, 0.1) is 13.7 Å².